The van der Waals surface area contributed by atoms with Gasteiger partial charge in [-0.15, -0.1) is 0 Å². The Morgan fingerprint density at radius 2 is 1.36 bits per heavy atom. The Bertz CT molecular complexity index is 1220. The lowest BCUT2D eigenvalue weighted by Crippen LogP contribution is -2.05. The summed E-state index contributed by atoms with van der Waals surface area (Å²) in [6.45, 7) is 2.67. The van der Waals surface area contributed by atoms with Crippen LogP contribution in [0.15, 0.2) is 63.5 Å². The number of carbonyl (C=O) groups excluding carboxylic acids is 2. The van der Waals surface area contributed by atoms with Crippen LogP contribution in [0.25, 0.3) is 33.1 Å². The molecule has 0 unspecified atom stereocenters. The quantitative estimate of drug-likeness (QED) is 0.295. The van der Waals surface area contributed by atoms with Crippen molar-refractivity contribution in [2.24, 2.45) is 0 Å². The highest BCUT2D eigenvalue weighted by atomic mass is 79.9. The van der Waals surface area contributed by atoms with Crippen LogP contribution in [0.3, 0.4) is 0 Å². The fourth-order valence-corrected chi connectivity index (χ4v) is 3.85. The van der Waals surface area contributed by atoms with Gasteiger partial charge in [-0.2, -0.15) is 0 Å². The minimum atomic E-state index is -0.472. The van der Waals surface area contributed by atoms with Crippen LogP contribution in [-0.2, 0) is 9.59 Å². The van der Waals surface area contributed by atoms with E-state index >= 15 is 0 Å². The summed E-state index contributed by atoms with van der Waals surface area (Å²) in [4.78, 5) is 23.6. The van der Waals surface area contributed by atoms with Gasteiger partial charge in [-0.05, 0) is 15.9 Å². The molecular formula is C22H15BrO5. The lowest BCUT2D eigenvalue weighted by Gasteiger charge is -2.12. The van der Waals surface area contributed by atoms with E-state index in [0.29, 0.717) is 37.7 Å². The maximum absolute atomic E-state index is 11.8. The third-order valence-corrected chi connectivity index (χ3v) is 4.98. The van der Waals surface area contributed by atoms with Gasteiger partial charge in [-0.3, -0.25) is 9.59 Å². The van der Waals surface area contributed by atoms with E-state index in [0.717, 1.165) is 5.56 Å². The molecule has 0 atom stereocenters. The van der Waals surface area contributed by atoms with E-state index < -0.39 is 11.9 Å². The van der Waals surface area contributed by atoms with Gasteiger partial charge >= 0.3 is 11.9 Å². The van der Waals surface area contributed by atoms with Crippen molar-refractivity contribution in [3.05, 3.63) is 59.1 Å². The summed E-state index contributed by atoms with van der Waals surface area (Å²) in [6, 6.07) is 16.7. The molecule has 0 saturated carbocycles. The predicted molar refractivity (Wildman–Crippen MR) is 109 cm³/mol. The van der Waals surface area contributed by atoms with E-state index in [1.807, 2.05) is 48.5 Å². The average Bonchev–Trinajstić information content (AvgIpc) is 3.02. The summed E-state index contributed by atoms with van der Waals surface area (Å²) < 4.78 is 17.8. The highest BCUT2D eigenvalue weighted by molar-refractivity contribution is 9.10. The number of furan rings is 1. The Labute approximate surface area is 169 Å². The number of rotatable bonds is 3. The minimum absolute atomic E-state index is 0.289. The van der Waals surface area contributed by atoms with Crippen molar-refractivity contribution in [1.82, 2.24) is 0 Å². The molecule has 140 valence electrons. The molecule has 0 bridgehead atoms. The molecule has 5 nitrogen and oxygen atoms in total. The molecule has 0 saturated heterocycles. The molecule has 0 aliphatic carbocycles. The average molecular weight is 439 g/mol. The summed E-state index contributed by atoms with van der Waals surface area (Å²) >= 11 is 3.59. The van der Waals surface area contributed by atoms with Crippen molar-refractivity contribution in [1.29, 1.82) is 0 Å². The maximum Gasteiger partial charge on any atom is 0.308 e. The van der Waals surface area contributed by atoms with E-state index in [4.69, 9.17) is 13.9 Å². The lowest BCUT2D eigenvalue weighted by molar-refractivity contribution is -0.132. The number of carbonyl (C=O) groups is 2. The van der Waals surface area contributed by atoms with E-state index in [9.17, 15) is 9.59 Å². The molecule has 0 N–H and O–H groups in total. The molecule has 0 aliphatic rings. The number of ether oxygens (including phenoxy) is 2. The van der Waals surface area contributed by atoms with Crippen molar-refractivity contribution in [3.8, 4) is 22.8 Å². The Hall–Kier alpha value is -3.12. The summed E-state index contributed by atoms with van der Waals surface area (Å²) in [5.74, 6) is 0.262. The minimum Gasteiger partial charge on any atom is -0.451 e. The fraction of sp³-hybridized carbons (Fsp3) is 0.0909. The predicted octanol–water partition coefficient (Wildman–Crippen LogP) is 5.87. The zero-order valence-corrected chi connectivity index (χ0v) is 16.7. The van der Waals surface area contributed by atoms with Crippen molar-refractivity contribution >= 4 is 49.6 Å². The second-order valence-electron chi connectivity index (χ2n) is 6.21. The smallest absolute Gasteiger partial charge is 0.308 e. The van der Waals surface area contributed by atoms with Crippen molar-refractivity contribution in [2.45, 2.75) is 13.8 Å². The Morgan fingerprint density at radius 1 is 0.821 bits per heavy atom. The summed E-state index contributed by atoms with van der Waals surface area (Å²) in [6.07, 6.45) is 0. The third kappa shape index (κ3) is 3.05. The summed E-state index contributed by atoms with van der Waals surface area (Å²) in [5.41, 5.74) is 1.16. The van der Waals surface area contributed by atoms with E-state index in [2.05, 4.69) is 15.9 Å². The van der Waals surface area contributed by atoms with Crippen LogP contribution in [0, 0.1) is 0 Å². The van der Waals surface area contributed by atoms with Gasteiger partial charge in [0.15, 0.2) is 17.1 Å². The van der Waals surface area contributed by atoms with Crippen LogP contribution < -0.4 is 9.47 Å². The van der Waals surface area contributed by atoms with Gasteiger partial charge in [0, 0.05) is 30.2 Å². The number of halogens is 1. The van der Waals surface area contributed by atoms with Gasteiger partial charge in [0.1, 0.15) is 5.76 Å². The molecule has 0 fully saturated rings. The maximum atomic E-state index is 11.8. The number of fused-ring (bicyclic) bond motifs is 2. The van der Waals surface area contributed by atoms with Crippen LogP contribution in [0.4, 0.5) is 0 Å². The van der Waals surface area contributed by atoms with Crippen molar-refractivity contribution < 1.29 is 23.5 Å². The lowest BCUT2D eigenvalue weighted by atomic mass is 10.0. The number of hydrogen-bond acceptors (Lipinski definition) is 5. The van der Waals surface area contributed by atoms with Crippen LogP contribution in [0.5, 0.6) is 11.5 Å². The molecule has 0 spiro atoms. The van der Waals surface area contributed by atoms with Gasteiger partial charge in [0.05, 0.1) is 9.86 Å². The van der Waals surface area contributed by atoms with Gasteiger partial charge < -0.3 is 13.9 Å². The normalized spacial score (nSPS) is 11.0. The Kier molecular flexibility index (Phi) is 4.65. The van der Waals surface area contributed by atoms with Gasteiger partial charge in [0.2, 0.25) is 0 Å². The van der Waals surface area contributed by atoms with E-state index in [-0.39, 0.29) is 5.75 Å². The van der Waals surface area contributed by atoms with Crippen LogP contribution in [0.1, 0.15) is 13.8 Å². The monoisotopic (exact) mass is 438 g/mol. The summed E-state index contributed by atoms with van der Waals surface area (Å²) in [5, 5.41) is 1.79. The van der Waals surface area contributed by atoms with Gasteiger partial charge in [0.25, 0.3) is 0 Å². The zero-order chi connectivity index (χ0) is 19.8. The molecule has 1 aromatic heterocycles. The van der Waals surface area contributed by atoms with Crippen LogP contribution >= 0.6 is 15.9 Å². The van der Waals surface area contributed by atoms with Crippen LogP contribution in [0.2, 0.25) is 0 Å². The number of benzene rings is 3. The van der Waals surface area contributed by atoms with Gasteiger partial charge in [-0.1, -0.05) is 54.6 Å². The molecule has 28 heavy (non-hydrogen) atoms. The van der Waals surface area contributed by atoms with Gasteiger partial charge in [-0.25, -0.2) is 0 Å². The Morgan fingerprint density at radius 3 is 1.96 bits per heavy atom. The molecule has 0 radical (unpaired) electrons. The first kappa shape index (κ1) is 18.3. The standard InChI is InChI=1S/C22H15BrO5/c1-12(24)26-20-15-10-6-7-11-16(15)21(27-13(2)25)22-17(20)18(23)19(28-22)14-8-4-3-5-9-14/h3-11H,1-2H3. The molecule has 6 heteroatoms. The molecule has 4 rings (SSSR count). The summed E-state index contributed by atoms with van der Waals surface area (Å²) in [7, 11) is 0. The first-order chi connectivity index (χ1) is 13.5. The topological polar surface area (TPSA) is 65.7 Å². The largest absolute Gasteiger partial charge is 0.451 e. The highest BCUT2D eigenvalue weighted by Gasteiger charge is 2.26. The molecule has 1 heterocycles. The zero-order valence-electron chi connectivity index (χ0n) is 15.1. The van der Waals surface area contributed by atoms with Crippen molar-refractivity contribution in [2.75, 3.05) is 0 Å². The molecule has 4 aromatic rings. The molecule has 3 aromatic carbocycles. The molecule has 0 aliphatic heterocycles. The first-order valence-corrected chi connectivity index (χ1v) is 9.35. The second kappa shape index (κ2) is 7.13. The molecule has 0 amide bonds. The number of hydrogen-bond donors (Lipinski definition) is 0. The Balaban J connectivity index is 2.17. The fourth-order valence-electron chi connectivity index (χ4n) is 3.18. The van der Waals surface area contributed by atoms with Crippen molar-refractivity contribution in [3.63, 3.8) is 0 Å². The van der Waals surface area contributed by atoms with E-state index in [1.165, 1.54) is 13.8 Å². The highest BCUT2D eigenvalue weighted by Crippen LogP contribution is 2.50. The van der Waals surface area contributed by atoms with Crippen LogP contribution in [-0.4, -0.2) is 11.9 Å². The second-order valence-corrected chi connectivity index (χ2v) is 7.00. The number of esters is 2. The first-order valence-electron chi connectivity index (χ1n) is 8.56. The van der Waals surface area contributed by atoms with E-state index in [1.54, 1.807) is 6.07 Å². The molecular weight excluding hydrogens is 424 g/mol. The SMILES string of the molecule is CC(=O)Oc1c2ccccc2c(OC(C)=O)c2c(Br)c(-c3ccccc3)oc12. The third-order valence-electron chi connectivity index (χ3n) is 4.23.